The molecule has 0 saturated heterocycles. The molecular weight excluding hydrogens is 357 g/mol. The topological polar surface area (TPSA) is 64.7 Å². The van der Waals surface area contributed by atoms with Crippen molar-refractivity contribution in [3.8, 4) is 0 Å². The van der Waals surface area contributed by atoms with Crippen LogP contribution in [0.5, 0.6) is 0 Å². The number of benzene rings is 1. The summed E-state index contributed by atoms with van der Waals surface area (Å²) in [6.45, 7) is 6.59. The van der Waals surface area contributed by atoms with Gasteiger partial charge in [-0.3, -0.25) is 14.2 Å². The summed E-state index contributed by atoms with van der Waals surface area (Å²) in [7, 11) is 0. The SMILES string of the molecule is CCn1cc(Cl)c(C(=O)Nc2c(C)nn(Cc3cccc(F)c3)c2C)n1. The van der Waals surface area contributed by atoms with Gasteiger partial charge in [0.05, 0.1) is 28.6 Å². The van der Waals surface area contributed by atoms with Crippen molar-refractivity contribution in [3.63, 3.8) is 0 Å². The maximum atomic E-state index is 13.4. The van der Waals surface area contributed by atoms with Crippen LogP contribution in [0.15, 0.2) is 30.5 Å². The van der Waals surface area contributed by atoms with Crippen LogP contribution in [-0.4, -0.2) is 25.5 Å². The molecule has 0 atom stereocenters. The van der Waals surface area contributed by atoms with Gasteiger partial charge in [-0.1, -0.05) is 23.7 Å². The molecule has 0 fully saturated rings. The molecule has 0 saturated carbocycles. The number of carbonyl (C=O) groups is 1. The highest BCUT2D eigenvalue weighted by Gasteiger charge is 2.19. The molecule has 0 aliphatic rings. The molecule has 0 bridgehead atoms. The van der Waals surface area contributed by atoms with Crippen molar-refractivity contribution in [2.75, 3.05) is 5.32 Å². The second-order valence-electron chi connectivity index (χ2n) is 5.97. The molecule has 0 spiro atoms. The number of anilines is 1. The minimum absolute atomic E-state index is 0.171. The van der Waals surface area contributed by atoms with E-state index in [1.54, 1.807) is 28.6 Å². The van der Waals surface area contributed by atoms with Gasteiger partial charge in [0.1, 0.15) is 5.82 Å². The van der Waals surface area contributed by atoms with Crippen molar-refractivity contribution >= 4 is 23.2 Å². The lowest BCUT2D eigenvalue weighted by Gasteiger charge is -2.07. The summed E-state index contributed by atoms with van der Waals surface area (Å²) in [4.78, 5) is 12.5. The highest BCUT2D eigenvalue weighted by molar-refractivity contribution is 6.34. The van der Waals surface area contributed by atoms with Gasteiger partial charge >= 0.3 is 0 Å². The zero-order valence-corrected chi connectivity index (χ0v) is 15.5. The molecule has 1 aromatic carbocycles. The Morgan fingerprint density at radius 3 is 2.73 bits per heavy atom. The highest BCUT2D eigenvalue weighted by atomic mass is 35.5. The zero-order valence-electron chi connectivity index (χ0n) is 14.8. The summed E-state index contributed by atoms with van der Waals surface area (Å²) in [5.41, 5.74) is 3.00. The van der Waals surface area contributed by atoms with Crippen LogP contribution in [0.2, 0.25) is 5.02 Å². The molecule has 136 valence electrons. The fourth-order valence-electron chi connectivity index (χ4n) is 2.73. The summed E-state index contributed by atoms with van der Waals surface area (Å²) >= 11 is 6.09. The molecule has 0 aliphatic heterocycles. The molecule has 6 nitrogen and oxygen atoms in total. The molecule has 0 aliphatic carbocycles. The van der Waals surface area contributed by atoms with Crippen LogP contribution in [-0.2, 0) is 13.1 Å². The first-order valence-electron chi connectivity index (χ1n) is 8.21. The van der Waals surface area contributed by atoms with Crippen molar-refractivity contribution in [3.05, 3.63) is 63.9 Å². The summed E-state index contributed by atoms with van der Waals surface area (Å²) in [5.74, 6) is -0.683. The van der Waals surface area contributed by atoms with Crippen LogP contribution < -0.4 is 5.32 Å². The monoisotopic (exact) mass is 375 g/mol. The maximum absolute atomic E-state index is 13.4. The Morgan fingerprint density at radius 2 is 2.08 bits per heavy atom. The van der Waals surface area contributed by atoms with Crippen molar-refractivity contribution in [2.24, 2.45) is 0 Å². The summed E-state index contributed by atoms with van der Waals surface area (Å²) in [6, 6.07) is 6.35. The van der Waals surface area contributed by atoms with Gasteiger partial charge in [0.2, 0.25) is 0 Å². The molecule has 0 unspecified atom stereocenters. The van der Waals surface area contributed by atoms with Gasteiger partial charge in [-0.15, -0.1) is 0 Å². The molecule has 3 aromatic rings. The molecule has 0 radical (unpaired) electrons. The number of carbonyl (C=O) groups excluding carboxylic acids is 1. The van der Waals surface area contributed by atoms with Crippen LogP contribution in [0, 0.1) is 19.7 Å². The van der Waals surface area contributed by atoms with Crippen molar-refractivity contribution in [1.29, 1.82) is 0 Å². The maximum Gasteiger partial charge on any atom is 0.277 e. The summed E-state index contributed by atoms with van der Waals surface area (Å²) < 4.78 is 16.7. The number of halogens is 2. The van der Waals surface area contributed by atoms with Crippen LogP contribution in [0.1, 0.15) is 34.4 Å². The molecular formula is C18H19ClFN5O. The Bertz CT molecular complexity index is 963. The van der Waals surface area contributed by atoms with Crippen molar-refractivity contribution < 1.29 is 9.18 Å². The van der Waals surface area contributed by atoms with Gasteiger partial charge in [0.15, 0.2) is 5.69 Å². The van der Waals surface area contributed by atoms with E-state index in [4.69, 9.17) is 11.6 Å². The Morgan fingerprint density at radius 1 is 1.31 bits per heavy atom. The molecule has 1 N–H and O–H groups in total. The minimum atomic E-state index is -0.390. The molecule has 3 rings (SSSR count). The second-order valence-corrected chi connectivity index (χ2v) is 6.38. The second kappa shape index (κ2) is 7.29. The Hall–Kier alpha value is -2.67. The molecule has 26 heavy (non-hydrogen) atoms. The first kappa shape index (κ1) is 18.1. The molecule has 1 amide bonds. The smallest absolute Gasteiger partial charge is 0.277 e. The Kier molecular flexibility index (Phi) is 5.08. The Balaban J connectivity index is 1.83. The number of hydrogen-bond acceptors (Lipinski definition) is 3. The standard InChI is InChI=1S/C18H19ClFN5O/c1-4-24-10-15(19)17(23-24)18(26)21-16-11(2)22-25(12(16)3)9-13-6-5-7-14(20)8-13/h5-8,10H,4,9H2,1-3H3,(H,21,26). The number of aromatic nitrogens is 4. The third-order valence-electron chi connectivity index (χ3n) is 4.10. The van der Waals surface area contributed by atoms with Gasteiger partial charge in [-0.25, -0.2) is 4.39 Å². The van der Waals surface area contributed by atoms with E-state index in [1.807, 2.05) is 19.9 Å². The molecule has 8 heteroatoms. The summed E-state index contributed by atoms with van der Waals surface area (Å²) in [6.07, 6.45) is 1.61. The van der Waals surface area contributed by atoms with E-state index in [2.05, 4.69) is 15.5 Å². The van der Waals surface area contributed by atoms with Gasteiger partial charge < -0.3 is 5.32 Å². The van der Waals surface area contributed by atoms with Crippen LogP contribution >= 0.6 is 11.6 Å². The molecule has 2 heterocycles. The quantitative estimate of drug-likeness (QED) is 0.737. The number of amides is 1. The largest absolute Gasteiger partial charge is 0.317 e. The Labute approximate surface area is 155 Å². The predicted octanol–water partition coefficient (Wildman–Crippen LogP) is 3.81. The zero-order chi connectivity index (χ0) is 18.8. The van der Waals surface area contributed by atoms with E-state index in [0.29, 0.717) is 29.5 Å². The normalized spacial score (nSPS) is 11.0. The first-order valence-corrected chi connectivity index (χ1v) is 8.59. The van der Waals surface area contributed by atoms with Gasteiger partial charge in [0, 0.05) is 12.7 Å². The highest BCUT2D eigenvalue weighted by Crippen LogP contribution is 2.23. The number of nitrogens with one attached hydrogen (secondary N) is 1. The van der Waals surface area contributed by atoms with Crippen LogP contribution in [0.4, 0.5) is 10.1 Å². The van der Waals surface area contributed by atoms with Crippen molar-refractivity contribution in [1.82, 2.24) is 19.6 Å². The first-order chi connectivity index (χ1) is 12.4. The van der Waals surface area contributed by atoms with Gasteiger partial charge in [0.25, 0.3) is 5.91 Å². The van der Waals surface area contributed by atoms with E-state index in [-0.39, 0.29) is 11.5 Å². The lowest BCUT2D eigenvalue weighted by atomic mass is 10.2. The minimum Gasteiger partial charge on any atom is -0.317 e. The third-order valence-corrected chi connectivity index (χ3v) is 4.37. The average molecular weight is 376 g/mol. The van der Waals surface area contributed by atoms with Crippen LogP contribution in [0.25, 0.3) is 0 Å². The van der Waals surface area contributed by atoms with E-state index in [0.717, 1.165) is 11.3 Å². The lowest BCUT2D eigenvalue weighted by molar-refractivity contribution is 0.102. The molecule has 2 aromatic heterocycles. The summed E-state index contributed by atoms with van der Waals surface area (Å²) in [5, 5.41) is 11.8. The van der Waals surface area contributed by atoms with Crippen molar-refractivity contribution in [2.45, 2.75) is 33.9 Å². The van der Waals surface area contributed by atoms with Gasteiger partial charge in [-0.05, 0) is 38.5 Å². The van der Waals surface area contributed by atoms with E-state index in [9.17, 15) is 9.18 Å². The van der Waals surface area contributed by atoms with E-state index >= 15 is 0 Å². The lowest BCUT2D eigenvalue weighted by Crippen LogP contribution is -2.15. The third kappa shape index (κ3) is 3.62. The average Bonchev–Trinajstić information content (AvgIpc) is 3.10. The van der Waals surface area contributed by atoms with E-state index in [1.165, 1.54) is 12.1 Å². The fourth-order valence-corrected chi connectivity index (χ4v) is 2.96. The number of hydrogen-bond donors (Lipinski definition) is 1. The number of nitrogens with zero attached hydrogens (tertiary/aromatic N) is 4. The predicted molar refractivity (Wildman–Crippen MR) is 98.1 cm³/mol. The van der Waals surface area contributed by atoms with Crippen LogP contribution in [0.3, 0.4) is 0 Å². The van der Waals surface area contributed by atoms with E-state index < -0.39 is 5.91 Å². The fraction of sp³-hybridized carbons (Fsp3) is 0.278. The number of aryl methyl sites for hydroxylation is 2. The van der Waals surface area contributed by atoms with Gasteiger partial charge in [-0.2, -0.15) is 10.2 Å². The number of rotatable bonds is 5.